The smallest absolute Gasteiger partial charge is 0.267 e. The van der Waals surface area contributed by atoms with E-state index < -0.39 is 0 Å². The summed E-state index contributed by atoms with van der Waals surface area (Å²) in [6, 6.07) is 7.54. The van der Waals surface area contributed by atoms with Crippen molar-refractivity contribution in [2.45, 2.75) is 0 Å². The normalized spacial score (nSPS) is 17.3. The molecule has 0 N–H and O–H groups in total. The fourth-order valence-electron chi connectivity index (χ4n) is 1.66. The third-order valence-electron chi connectivity index (χ3n) is 2.31. The molecule has 0 bridgehead atoms. The Balaban J connectivity index is 2.57. The minimum absolute atomic E-state index is 0.198. The van der Waals surface area contributed by atoms with E-state index in [1.165, 1.54) is 0 Å². The van der Waals surface area contributed by atoms with Crippen LogP contribution in [0.15, 0.2) is 45.9 Å². The average molecular weight is 182 g/mol. The van der Waals surface area contributed by atoms with E-state index in [-0.39, 0.29) is 5.91 Å². The maximum absolute atomic E-state index is 11.5. The van der Waals surface area contributed by atoms with E-state index in [2.05, 4.69) is 9.98 Å². The number of para-hydroxylation sites is 1. The van der Waals surface area contributed by atoms with E-state index in [1.807, 2.05) is 24.3 Å². The second-order valence-corrected chi connectivity index (χ2v) is 3.14. The van der Waals surface area contributed by atoms with Gasteiger partial charge in [-0.05, 0) is 12.1 Å². The first-order valence-corrected chi connectivity index (χ1v) is 4.33. The number of amides is 1. The van der Waals surface area contributed by atoms with Crippen molar-refractivity contribution < 1.29 is 4.79 Å². The van der Waals surface area contributed by atoms with Gasteiger partial charge in [0.25, 0.3) is 5.91 Å². The van der Waals surface area contributed by atoms with Gasteiger partial charge in [-0.15, -0.1) is 0 Å². The number of aliphatic imine (C=N–C) groups is 1. The molecule has 3 nitrogen and oxygen atoms in total. The standard InChI is InChI=1S/C11H6N2O/c14-11-8-5-6-12-10(8)7-3-1-2-4-9(7)13-11/h1-6H. The zero-order valence-corrected chi connectivity index (χ0v) is 7.27. The average Bonchev–Trinajstić information content (AvgIpc) is 2.67. The molecule has 14 heavy (non-hydrogen) atoms. The molecule has 1 aromatic carbocycles. The van der Waals surface area contributed by atoms with E-state index in [0.717, 1.165) is 10.9 Å². The number of carbonyl (C=O) groups excluding carboxylic acids is 1. The van der Waals surface area contributed by atoms with Crippen LogP contribution in [0.4, 0.5) is 0 Å². The Kier molecular flexibility index (Phi) is 1.31. The first-order chi connectivity index (χ1) is 6.86. The van der Waals surface area contributed by atoms with Gasteiger partial charge in [-0.3, -0.25) is 9.79 Å². The van der Waals surface area contributed by atoms with Crippen molar-refractivity contribution in [1.82, 2.24) is 0 Å². The summed E-state index contributed by atoms with van der Waals surface area (Å²) in [6.45, 7) is 0. The number of hydrogen-bond donors (Lipinski definition) is 0. The number of allylic oxidation sites excluding steroid dienone is 1. The predicted molar refractivity (Wildman–Crippen MR) is 52.2 cm³/mol. The van der Waals surface area contributed by atoms with Crippen LogP contribution >= 0.6 is 0 Å². The van der Waals surface area contributed by atoms with Crippen molar-refractivity contribution in [1.29, 1.82) is 0 Å². The van der Waals surface area contributed by atoms with Crippen LogP contribution in [0.3, 0.4) is 0 Å². The molecule has 0 aliphatic carbocycles. The van der Waals surface area contributed by atoms with Crippen LogP contribution in [0.5, 0.6) is 0 Å². The van der Waals surface area contributed by atoms with Gasteiger partial charge in [-0.2, -0.15) is 0 Å². The van der Waals surface area contributed by atoms with E-state index >= 15 is 0 Å². The molecule has 2 aliphatic rings. The van der Waals surface area contributed by atoms with Crippen LogP contribution < -0.4 is 10.6 Å². The minimum atomic E-state index is -0.198. The SMILES string of the molecule is O=C1N=c2ccccc2=C2N=CC=C12. The van der Waals surface area contributed by atoms with Crippen LogP contribution in [0.2, 0.25) is 0 Å². The Hall–Kier alpha value is -2.03. The van der Waals surface area contributed by atoms with E-state index in [4.69, 9.17) is 0 Å². The highest BCUT2D eigenvalue weighted by Crippen LogP contribution is 2.18. The van der Waals surface area contributed by atoms with Crippen LogP contribution in [0, 0.1) is 0 Å². The number of hydrogen-bond acceptors (Lipinski definition) is 2. The highest BCUT2D eigenvalue weighted by Gasteiger charge is 2.20. The zero-order valence-electron chi connectivity index (χ0n) is 7.27. The fourth-order valence-corrected chi connectivity index (χ4v) is 1.66. The van der Waals surface area contributed by atoms with Gasteiger partial charge in [0.15, 0.2) is 0 Å². The van der Waals surface area contributed by atoms with Gasteiger partial charge in [0.1, 0.15) is 0 Å². The Morgan fingerprint density at radius 1 is 1.14 bits per heavy atom. The van der Waals surface area contributed by atoms with Crippen molar-refractivity contribution in [3.05, 3.63) is 46.5 Å². The van der Waals surface area contributed by atoms with Gasteiger partial charge < -0.3 is 0 Å². The molecule has 3 rings (SSSR count). The molecule has 0 unspecified atom stereocenters. The Morgan fingerprint density at radius 3 is 2.93 bits per heavy atom. The van der Waals surface area contributed by atoms with Crippen molar-refractivity contribution in [3.8, 4) is 0 Å². The third-order valence-corrected chi connectivity index (χ3v) is 2.31. The highest BCUT2D eigenvalue weighted by atomic mass is 16.1. The van der Waals surface area contributed by atoms with Crippen LogP contribution in [0.1, 0.15) is 0 Å². The van der Waals surface area contributed by atoms with Gasteiger partial charge in [-0.1, -0.05) is 18.2 Å². The topological polar surface area (TPSA) is 41.8 Å². The van der Waals surface area contributed by atoms with Gasteiger partial charge in [0.05, 0.1) is 16.6 Å². The predicted octanol–water partition coefficient (Wildman–Crippen LogP) is -0.0346. The lowest BCUT2D eigenvalue weighted by Gasteiger charge is -2.04. The van der Waals surface area contributed by atoms with Gasteiger partial charge in [0.2, 0.25) is 0 Å². The van der Waals surface area contributed by atoms with Gasteiger partial charge >= 0.3 is 0 Å². The minimum Gasteiger partial charge on any atom is -0.267 e. The molecule has 0 saturated carbocycles. The van der Waals surface area contributed by atoms with Crippen LogP contribution in [0.25, 0.3) is 5.70 Å². The summed E-state index contributed by atoms with van der Waals surface area (Å²) in [5, 5.41) is 1.65. The number of nitrogens with zero attached hydrogens (tertiary/aromatic N) is 2. The fraction of sp³-hybridized carbons (Fsp3) is 0. The number of benzene rings is 1. The summed E-state index contributed by atoms with van der Waals surface area (Å²) in [5.41, 5.74) is 1.35. The summed E-state index contributed by atoms with van der Waals surface area (Å²) in [7, 11) is 0. The second kappa shape index (κ2) is 2.48. The molecule has 1 amide bonds. The van der Waals surface area contributed by atoms with Crippen molar-refractivity contribution >= 4 is 17.8 Å². The largest absolute Gasteiger partial charge is 0.279 e. The third kappa shape index (κ3) is 0.836. The monoisotopic (exact) mass is 182 g/mol. The summed E-state index contributed by atoms with van der Waals surface area (Å²) in [4.78, 5) is 19.7. The molecule has 66 valence electrons. The Morgan fingerprint density at radius 2 is 2.00 bits per heavy atom. The van der Waals surface area contributed by atoms with Crippen molar-refractivity contribution in [2.24, 2.45) is 9.98 Å². The van der Waals surface area contributed by atoms with E-state index in [0.29, 0.717) is 10.9 Å². The lowest BCUT2D eigenvalue weighted by atomic mass is 10.1. The molecule has 3 heteroatoms. The molecular weight excluding hydrogens is 176 g/mol. The summed E-state index contributed by atoms with van der Waals surface area (Å²) in [5.74, 6) is -0.198. The zero-order chi connectivity index (χ0) is 9.54. The molecule has 2 heterocycles. The Labute approximate surface area is 79.8 Å². The molecule has 0 aromatic heterocycles. The van der Waals surface area contributed by atoms with E-state index in [1.54, 1.807) is 12.3 Å². The summed E-state index contributed by atoms with van der Waals surface area (Å²) < 4.78 is 0. The maximum Gasteiger partial charge on any atom is 0.279 e. The molecule has 0 saturated heterocycles. The summed E-state index contributed by atoms with van der Waals surface area (Å²) >= 11 is 0. The molecule has 1 aromatic rings. The quantitative estimate of drug-likeness (QED) is 0.555. The molecule has 0 radical (unpaired) electrons. The highest BCUT2D eigenvalue weighted by molar-refractivity contribution is 6.13. The molecule has 0 atom stereocenters. The van der Waals surface area contributed by atoms with Gasteiger partial charge in [-0.25, -0.2) is 4.99 Å². The van der Waals surface area contributed by atoms with Gasteiger partial charge in [0, 0.05) is 11.4 Å². The molecule has 0 spiro atoms. The number of carbonyl (C=O) groups is 1. The first-order valence-electron chi connectivity index (χ1n) is 4.33. The van der Waals surface area contributed by atoms with Crippen LogP contribution in [-0.4, -0.2) is 12.1 Å². The molecule has 0 fully saturated rings. The van der Waals surface area contributed by atoms with Crippen LogP contribution in [-0.2, 0) is 4.79 Å². The van der Waals surface area contributed by atoms with Crippen molar-refractivity contribution in [3.63, 3.8) is 0 Å². The second-order valence-electron chi connectivity index (χ2n) is 3.14. The number of fused-ring (bicyclic) bond motifs is 2. The maximum atomic E-state index is 11.5. The van der Waals surface area contributed by atoms with Crippen molar-refractivity contribution in [2.75, 3.05) is 0 Å². The lowest BCUT2D eigenvalue weighted by Crippen LogP contribution is -2.32. The number of rotatable bonds is 0. The molecular formula is C11H6N2O. The van der Waals surface area contributed by atoms with E-state index in [9.17, 15) is 4.79 Å². The first kappa shape index (κ1) is 7.38. The Bertz CT molecular complexity index is 608. The molecule has 2 aliphatic heterocycles. The summed E-state index contributed by atoms with van der Waals surface area (Å²) in [6.07, 6.45) is 3.34. The lowest BCUT2D eigenvalue weighted by molar-refractivity contribution is -0.114.